The second-order valence-electron chi connectivity index (χ2n) is 5.28. The van der Waals surface area contributed by atoms with Crippen LogP contribution in [0.4, 0.5) is 0 Å². The van der Waals surface area contributed by atoms with E-state index in [1.807, 2.05) is 6.07 Å². The molecular weight excluding hydrogens is 226 g/mol. The van der Waals surface area contributed by atoms with Crippen molar-refractivity contribution in [3.8, 4) is 0 Å². The smallest absolute Gasteiger partial charge is 0.139 e. The van der Waals surface area contributed by atoms with Gasteiger partial charge in [0, 0.05) is 19.0 Å². The summed E-state index contributed by atoms with van der Waals surface area (Å²) in [6.07, 6.45) is 2.98. The highest BCUT2D eigenvalue weighted by molar-refractivity contribution is 5.80. The first-order chi connectivity index (χ1) is 8.65. The van der Waals surface area contributed by atoms with Crippen molar-refractivity contribution in [1.29, 1.82) is 0 Å². The number of nitrogens with one attached hydrogen (secondary N) is 1. The van der Waals surface area contributed by atoms with E-state index in [0.717, 1.165) is 19.4 Å². The molecule has 1 unspecified atom stereocenters. The topological polar surface area (TPSA) is 70.6 Å². The normalized spacial score (nSPS) is 19.5. The number of hydrogen-bond donors (Lipinski definition) is 3. The summed E-state index contributed by atoms with van der Waals surface area (Å²) in [7, 11) is 0. The fourth-order valence-corrected chi connectivity index (χ4v) is 2.24. The third-order valence-electron chi connectivity index (χ3n) is 3.72. The van der Waals surface area contributed by atoms with Crippen LogP contribution in [0.2, 0.25) is 0 Å². The van der Waals surface area contributed by atoms with E-state index in [4.69, 9.17) is 10.9 Å². The van der Waals surface area contributed by atoms with E-state index in [2.05, 4.69) is 41.7 Å². The fourth-order valence-electron chi connectivity index (χ4n) is 2.24. The molecule has 1 fully saturated rings. The maximum absolute atomic E-state index is 8.62. The Morgan fingerprint density at radius 1 is 1.44 bits per heavy atom. The maximum Gasteiger partial charge on any atom is 0.139 e. The molecule has 0 heterocycles. The van der Waals surface area contributed by atoms with Gasteiger partial charge < -0.3 is 16.3 Å². The summed E-state index contributed by atoms with van der Waals surface area (Å²) in [5, 5.41) is 15.2. The average Bonchev–Trinajstić information content (AvgIpc) is 3.17. The largest absolute Gasteiger partial charge is 0.409 e. The predicted octanol–water partition coefficient (Wildman–Crippen LogP) is 2.25. The van der Waals surface area contributed by atoms with Gasteiger partial charge in [0.05, 0.1) is 0 Å². The van der Waals surface area contributed by atoms with Crippen LogP contribution in [-0.2, 0) is 0 Å². The van der Waals surface area contributed by atoms with Gasteiger partial charge in [0.1, 0.15) is 5.84 Å². The lowest BCUT2D eigenvalue weighted by Crippen LogP contribution is -2.30. The Balaban J connectivity index is 1.85. The zero-order chi connectivity index (χ0) is 13.0. The molecule has 1 atom stereocenters. The zero-order valence-corrected chi connectivity index (χ0v) is 10.8. The highest BCUT2D eigenvalue weighted by Crippen LogP contribution is 2.48. The van der Waals surface area contributed by atoms with Crippen molar-refractivity contribution in [3.63, 3.8) is 0 Å². The Hall–Kier alpha value is -1.55. The summed E-state index contributed by atoms with van der Waals surface area (Å²) in [6, 6.07) is 10.7. The molecule has 0 aliphatic heterocycles. The molecule has 0 saturated heterocycles. The van der Waals surface area contributed by atoms with Crippen LogP contribution >= 0.6 is 0 Å². The molecule has 4 heteroatoms. The molecule has 1 aromatic carbocycles. The molecule has 18 heavy (non-hydrogen) atoms. The van der Waals surface area contributed by atoms with Gasteiger partial charge in [0.15, 0.2) is 0 Å². The quantitative estimate of drug-likeness (QED) is 0.312. The van der Waals surface area contributed by atoms with E-state index in [0.29, 0.717) is 18.3 Å². The minimum absolute atomic E-state index is 0.208. The van der Waals surface area contributed by atoms with Crippen LogP contribution in [0.3, 0.4) is 0 Å². The Morgan fingerprint density at radius 2 is 2.11 bits per heavy atom. The first-order valence-electron chi connectivity index (χ1n) is 6.40. The number of nitrogens with two attached hydrogens (primary N) is 1. The van der Waals surface area contributed by atoms with Crippen LogP contribution in [0.5, 0.6) is 0 Å². The van der Waals surface area contributed by atoms with Crippen molar-refractivity contribution in [1.82, 2.24) is 5.32 Å². The van der Waals surface area contributed by atoms with Crippen molar-refractivity contribution < 1.29 is 5.21 Å². The van der Waals surface area contributed by atoms with Crippen LogP contribution in [0.1, 0.15) is 37.8 Å². The highest BCUT2D eigenvalue weighted by Gasteiger charge is 2.43. The number of amidine groups is 1. The zero-order valence-electron chi connectivity index (χ0n) is 10.8. The maximum atomic E-state index is 8.62. The highest BCUT2D eigenvalue weighted by atomic mass is 16.4. The van der Waals surface area contributed by atoms with Gasteiger partial charge in [-0.2, -0.15) is 0 Å². The van der Waals surface area contributed by atoms with Gasteiger partial charge in [-0.05, 0) is 30.7 Å². The number of oxime groups is 1. The minimum Gasteiger partial charge on any atom is -0.409 e. The number of hydrogen-bond acceptors (Lipinski definition) is 3. The van der Waals surface area contributed by atoms with E-state index >= 15 is 0 Å². The second-order valence-corrected chi connectivity index (χ2v) is 5.28. The van der Waals surface area contributed by atoms with Gasteiger partial charge in [-0.25, -0.2) is 0 Å². The second kappa shape index (κ2) is 5.40. The Morgan fingerprint density at radius 3 is 2.67 bits per heavy atom. The summed E-state index contributed by atoms with van der Waals surface area (Å²) < 4.78 is 0. The van der Waals surface area contributed by atoms with Crippen LogP contribution in [0.15, 0.2) is 35.5 Å². The molecule has 1 aromatic rings. The first kappa shape index (κ1) is 12.9. The number of rotatable bonds is 6. The van der Waals surface area contributed by atoms with Gasteiger partial charge in [0.2, 0.25) is 0 Å². The molecule has 98 valence electrons. The van der Waals surface area contributed by atoms with Gasteiger partial charge in [0.25, 0.3) is 0 Å². The molecule has 1 saturated carbocycles. The van der Waals surface area contributed by atoms with E-state index in [9.17, 15) is 0 Å². The molecule has 1 aliphatic carbocycles. The van der Waals surface area contributed by atoms with Crippen molar-refractivity contribution >= 4 is 5.84 Å². The van der Waals surface area contributed by atoms with Gasteiger partial charge in [-0.3, -0.25) is 0 Å². The fraction of sp³-hybridized carbons (Fsp3) is 0.500. The molecular formula is C14H21N3O. The summed E-state index contributed by atoms with van der Waals surface area (Å²) in [5.41, 5.74) is 7.09. The van der Waals surface area contributed by atoms with Crippen LogP contribution in [-0.4, -0.2) is 17.6 Å². The molecule has 4 nitrogen and oxygen atoms in total. The van der Waals surface area contributed by atoms with Gasteiger partial charge in [-0.1, -0.05) is 35.5 Å². The molecule has 0 spiro atoms. The molecule has 4 N–H and O–H groups in total. The van der Waals surface area contributed by atoms with Gasteiger partial charge in [-0.15, -0.1) is 0 Å². The molecule has 0 radical (unpaired) electrons. The van der Waals surface area contributed by atoms with E-state index in [1.165, 1.54) is 5.56 Å². The molecule has 0 amide bonds. The van der Waals surface area contributed by atoms with Crippen LogP contribution < -0.4 is 11.1 Å². The third-order valence-corrected chi connectivity index (χ3v) is 3.72. The third kappa shape index (κ3) is 3.23. The Kier molecular flexibility index (Phi) is 3.87. The SMILES string of the molecule is CC(NCC1(CC(N)=NO)CC1)c1ccccc1. The van der Waals surface area contributed by atoms with Crippen LogP contribution in [0, 0.1) is 5.41 Å². The summed E-state index contributed by atoms with van der Waals surface area (Å²) in [6.45, 7) is 3.08. The molecule has 2 rings (SSSR count). The van der Waals surface area contributed by atoms with Crippen LogP contribution in [0.25, 0.3) is 0 Å². The first-order valence-corrected chi connectivity index (χ1v) is 6.40. The van der Waals surface area contributed by atoms with Crippen molar-refractivity contribution in [2.24, 2.45) is 16.3 Å². The van der Waals surface area contributed by atoms with Crippen molar-refractivity contribution in [2.45, 2.75) is 32.2 Å². The Bertz CT molecular complexity index is 412. The summed E-state index contributed by atoms with van der Waals surface area (Å²) in [5.74, 6) is 0.335. The van der Waals surface area contributed by atoms with E-state index in [-0.39, 0.29) is 5.41 Å². The van der Waals surface area contributed by atoms with Crippen molar-refractivity contribution in [2.75, 3.05) is 6.54 Å². The van der Waals surface area contributed by atoms with Gasteiger partial charge >= 0.3 is 0 Å². The lowest BCUT2D eigenvalue weighted by Gasteiger charge is -2.20. The minimum atomic E-state index is 0.208. The molecule has 1 aliphatic rings. The van der Waals surface area contributed by atoms with E-state index in [1.54, 1.807) is 0 Å². The standard InChI is InChI=1S/C14H21N3O/c1-11(12-5-3-2-4-6-12)16-10-14(7-8-14)9-13(15)17-18/h2-6,11,16,18H,7-10H2,1H3,(H2,15,17). The monoisotopic (exact) mass is 247 g/mol. The average molecular weight is 247 g/mol. The Labute approximate surface area is 108 Å². The lowest BCUT2D eigenvalue weighted by molar-refractivity contribution is 0.313. The molecule has 0 aromatic heterocycles. The summed E-state index contributed by atoms with van der Waals surface area (Å²) >= 11 is 0. The number of nitrogens with zero attached hydrogens (tertiary/aromatic N) is 1. The van der Waals surface area contributed by atoms with E-state index < -0.39 is 0 Å². The lowest BCUT2D eigenvalue weighted by atomic mass is 10.0. The van der Waals surface area contributed by atoms with Crippen molar-refractivity contribution in [3.05, 3.63) is 35.9 Å². The predicted molar refractivity (Wildman–Crippen MR) is 72.6 cm³/mol. The molecule has 0 bridgehead atoms. The summed E-state index contributed by atoms with van der Waals surface area (Å²) in [4.78, 5) is 0. The number of benzene rings is 1.